The Morgan fingerprint density at radius 1 is 1.38 bits per heavy atom. The summed E-state index contributed by atoms with van der Waals surface area (Å²) in [5.74, 6) is 1.23. The Morgan fingerprint density at radius 2 is 2.15 bits per heavy atom. The maximum atomic E-state index is 11.8. The number of hydrogen-bond acceptors (Lipinski definition) is 2. The molecule has 0 radical (unpaired) electrons. The Balaban J connectivity index is 1.89. The molecule has 2 N–H and O–H groups in total. The molecule has 2 aliphatic rings. The van der Waals surface area contributed by atoms with Crippen molar-refractivity contribution in [1.82, 2.24) is 4.90 Å². The molecule has 3 heteroatoms. The fourth-order valence-corrected chi connectivity index (χ4v) is 2.03. The Morgan fingerprint density at radius 3 is 2.77 bits per heavy atom. The lowest BCUT2D eigenvalue weighted by Gasteiger charge is -2.31. The third-order valence-electron chi connectivity index (χ3n) is 3.10. The van der Waals surface area contributed by atoms with Crippen molar-refractivity contribution in [3.8, 4) is 0 Å². The molecule has 1 heterocycles. The first-order chi connectivity index (χ1) is 6.31. The second-order valence-electron chi connectivity index (χ2n) is 4.30. The SMILES string of the molecule is NC[C@@H]1CCCN(CC2CC2)C1=O. The fourth-order valence-electron chi connectivity index (χ4n) is 2.03. The quantitative estimate of drug-likeness (QED) is 0.694. The Hall–Kier alpha value is -0.570. The van der Waals surface area contributed by atoms with Gasteiger partial charge >= 0.3 is 0 Å². The van der Waals surface area contributed by atoms with Crippen molar-refractivity contribution in [1.29, 1.82) is 0 Å². The molecule has 0 spiro atoms. The van der Waals surface area contributed by atoms with Gasteiger partial charge in [-0.2, -0.15) is 0 Å². The molecule has 13 heavy (non-hydrogen) atoms. The molecule has 0 aromatic rings. The van der Waals surface area contributed by atoms with Crippen LogP contribution < -0.4 is 5.73 Å². The van der Waals surface area contributed by atoms with Gasteiger partial charge in [0.05, 0.1) is 5.92 Å². The second-order valence-corrected chi connectivity index (χ2v) is 4.30. The van der Waals surface area contributed by atoms with Crippen LogP contribution in [0.5, 0.6) is 0 Å². The van der Waals surface area contributed by atoms with Crippen molar-refractivity contribution in [3.63, 3.8) is 0 Å². The largest absolute Gasteiger partial charge is 0.342 e. The van der Waals surface area contributed by atoms with Crippen LogP contribution >= 0.6 is 0 Å². The zero-order valence-electron chi connectivity index (χ0n) is 8.04. The molecule has 3 nitrogen and oxygen atoms in total. The molecule has 1 aliphatic heterocycles. The Kier molecular flexibility index (Phi) is 2.54. The minimum Gasteiger partial charge on any atom is -0.342 e. The van der Waals surface area contributed by atoms with E-state index in [0.29, 0.717) is 12.5 Å². The number of carbonyl (C=O) groups is 1. The average molecular weight is 182 g/mol. The van der Waals surface area contributed by atoms with Crippen molar-refractivity contribution >= 4 is 5.91 Å². The third-order valence-corrected chi connectivity index (χ3v) is 3.10. The van der Waals surface area contributed by atoms with Crippen LogP contribution in [0.15, 0.2) is 0 Å². The molecule has 74 valence electrons. The van der Waals surface area contributed by atoms with Crippen molar-refractivity contribution in [2.45, 2.75) is 25.7 Å². The lowest BCUT2D eigenvalue weighted by molar-refractivity contribution is -0.138. The maximum Gasteiger partial charge on any atom is 0.226 e. The Bertz CT molecular complexity index is 201. The van der Waals surface area contributed by atoms with Gasteiger partial charge in [-0.15, -0.1) is 0 Å². The molecule has 1 saturated carbocycles. The van der Waals surface area contributed by atoms with Crippen LogP contribution in [0, 0.1) is 11.8 Å². The molecule has 0 bridgehead atoms. The first-order valence-corrected chi connectivity index (χ1v) is 5.30. The summed E-state index contributed by atoms with van der Waals surface area (Å²) in [6, 6.07) is 0. The van der Waals surface area contributed by atoms with Crippen molar-refractivity contribution in [2.24, 2.45) is 17.6 Å². The van der Waals surface area contributed by atoms with Gasteiger partial charge in [0, 0.05) is 19.6 Å². The van der Waals surface area contributed by atoms with Gasteiger partial charge in [0.25, 0.3) is 0 Å². The highest BCUT2D eigenvalue weighted by atomic mass is 16.2. The van der Waals surface area contributed by atoms with E-state index in [0.717, 1.165) is 31.8 Å². The first kappa shape index (κ1) is 9.00. The van der Waals surface area contributed by atoms with E-state index in [9.17, 15) is 4.79 Å². The normalized spacial score (nSPS) is 29.5. The van der Waals surface area contributed by atoms with Gasteiger partial charge in [-0.1, -0.05) is 0 Å². The van der Waals surface area contributed by atoms with Gasteiger partial charge in [0.15, 0.2) is 0 Å². The van der Waals surface area contributed by atoms with E-state index >= 15 is 0 Å². The Labute approximate surface area is 79.3 Å². The minimum absolute atomic E-state index is 0.118. The van der Waals surface area contributed by atoms with E-state index in [1.807, 2.05) is 4.90 Å². The van der Waals surface area contributed by atoms with E-state index < -0.39 is 0 Å². The van der Waals surface area contributed by atoms with E-state index in [1.54, 1.807) is 0 Å². The number of amides is 1. The number of rotatable bonds is 3. The summed E-state index contributed by atoms with van der Waals surface area (Å²) in [5, 5.41) is 0. The average Bonchev–Trinajstić information content (AvgIpc) is 2.92. The summed E-state index contributed by atoms with van der Waals surface area (Å²) in [7, 11) is 0. The molecule has 2 fully saturated rings. The highest BCUT2D eigenvalue weighted by Crippen LogP contribution is 2.31. The summed E-state index contributed by atoms with van der Waals surface area (Å²) in [5.41, 5.74) is 5.55. The minimum atomic E-state index is 0.118. The number of likely N-dealkylation sites (tertiary alicyclic amines) is 1. The molecule has 1 atom stereocenters. The lowest BCUT2D eigenvalue weighted by atomic mass is 9.97. The van der Waals surface area contributed by atoms with Gasteiger partial charge < -0.3 is 10.6 Å². The van der Waals surface area contributed by atoms with Crippen LogP contribution in [-0.4, -0.2) is 30.4 Å². The predicted molar refractivity (Wildman–Crippen MR) is 51.1 cm³/mol. The van der Waals surface area contributed by atoms with Gasteiger partial charge in [0.2, 0.25) is 5.91 Å². The van der Waals surface area contributed by atoms with Crippen LogP contribution in [0.4, 0.5) is 0 Å². The van der Waals surface area contributed by atoms with Gasteiger partial charge in [-0.25, -0.2) is 0 Å². The monoisotopic (exact) mass is 182 g/mol. The number of piperidine rings is 1. The smallest absolute Gasteiger partial charge is 0.226 e. The van der Waals surface area contributed by atoms with E-state index in [2.05, 4.69) is 0 Å². The first-order valence-electron chi connectivity index (χ1n) is 5.30. The van der Waals surface area contributed by atoms with E-state index in [1.165, 1.54) is 12.8 Å². The van der Waals surface area contributed by atoms with E-state index in [4.69, 9.17) is 5.73 Å². The highest BCUT2D eigenvalue weighted by molar-refractivity contribution is 5.79. The van der Waals surface area contributed by atoms with Crippen LogP contribution in [0.25, 0.3) is 0 Å². The van der Waals surface area contributed by atoms with Crippen LogP contribution in [0.2, 0.25) is 0 Å². The van der Waals surface area contributed by atoms with Gasteiger partial charge in [-0.3, -0.25) is 4.79 Å². The highest BCUT2D eigenvalue weighted by Gasteiger charge is 2.32. The molecular weight excluding hydrogens is 164 g/mol. The zero-order chi connectivity index (χ0) is 9.26. The summed E-state index contributed by atoms with van der Waals surface area (Å²) in [6.45, 7) is 2.49. The summed E-state index contributed by atoms with van der Waals surface area (Å²) < 4.78 is 0. The third kappa shape index (κ3) is 2.02. The number of hydrogen-bond donors (Lipinski definition) is 1. The molecule has 1 aliphatic carbocycles. The molecule has 1 amide bonds. The zero-order valence-corrected chi connectivity index (χ0v) is 8.04. The van der Waals surface area contributed by atoms with Crippen molar-refractivity contribution < 1.29 is 4.79 Å². The fraction of sp³-hybridized carbons (Fsp3) is 0.900. The van der Waals surface area contributed by atoms with E-state index in [-0.39, 0.29) is 5.92 Å². The van der Waals surface area contributed by atoms with Crippen LogP contribution in [0.1, 0.15) is 25.7 Å². The van der Waals surface area contributed by atoms with Crippen molar-refractivity contribution in [3.05, 3.63) is 0 Å². The molecular formula is C10H18N2O. The van der Waals surface area contributed by atoms with Crippen LogP contribution in [0.3, 0.4) is 0 Å². The number of nitrogens with two attached hydrogens (primary N) is 1. The lowest BCUT2D eigenvalue weighted by Crippen LogP contribution is -2.44. The maximum absolute atomic E-state index is 11.8. The molecule has 0 unspecified atom stereocenters. The summed E-state index contributed by atoms with van der Waals surface area (Å²) in [4.78, 5) is 13.8. The van der Waals surface area contributed by atoms with Gasteiger partial charge in [0.1, 0.15) is 0 Å². The van der Waals surface area contributed by atoms with Crippen molar-refractivity contribution in [2.75, 3.05) is 19.6 Å². The summed E-state index contributed by atoms with van der Waals surface area (Å²) >= 11 is 0. The summed E-state index contributed by atoms with van der Waals surface area (Å²) in [6.07, 6.45) is 4.77. The molecule has 0 aromatic heterocycles. The predicted octanol–water partition coefficient (Wildman–Crippen LogP) is 0.594. The number of carbonyl (C=O) groups excluding carboxylic acids is 1. The van der Waals surface area contributed by atoms with Gasteiger partial charge in [-0.05, 0) is 31.6 Å². The number of nitrogens with zero attached hydrogens (tertiary/aromatic N) is 1. The molecule has 2 rings (SSSR count). The topological polar surface area (TPSA) is 46.3 Å². The molecule has 1 saturated heterocycles. The standard InChI is InChI=1S/C10H18N2O/c11-6-9-2-1-5-12(10(9)13)7-8-3-4-8/h8-9H,1-7,11H2/t9-/m0/s1. The van der Waals surface area contributed by atoms with Crippen LogP contribution in [-0.2, 0) is 4.79 Å². The second kappa shape index (κ2) is 3.66. The molecule has 0 aromatic carbocycles.